The Kier molecular flexibility index (Phi) is 5.72. The van der Waals surface area contributed by atoms with Gasteiger partial charge in [0, 0.05) is 43.8 Å². The van der Waals surface area contributed by atoms with Crippen LogP contribution in [0.2, 0.25) is 0 Å². The van der Waals surface area contributed by atoms with E-state index in [1.54, 1.807) is 0 Å². The molecule has 1 N–H and O–H groups in total. The molecule has 0 radical (unpaired) electrons. The van der Waals surface area contributed by atoms with E-state index in [1.165, 1.54) is 4.90 Å². The molecule has 2 aromatic carbocycles. The standard InChI is InChI=1S/C24H26N4O3/c1-3-28-22-15-18(26-11-13-27(14-12-26)24(29)30)7-10-20(22)21(16-25)23(28)17-5-8-19(9-6-17)31-4-2/h5-10,15H,3-4,11-14H2,1-2H3,(H,29,30). The molecule has 0 atom stereocenters. The highest BCUT2D eigenvalue weighted by molar-refractivity contribution is 5.96. The van der Waals surface area contributed by atoms with Crippen molar-refractivity contribution in [2.24, 2.45) is 0 Å². The fourth-order valence-electron chi connectivity index (χ4n) is 4.31. The zero-order valence-corrected chi connectivity index (χ0v) is 17.8. The highest BCUT2D eigenvalue weighted by atomic mass is 16.5. The lowest BCUT2D eigenvalue weighted by atomic mass is 10.1. The molecule has 31 heavy (non-hydrogen) atoms. The van der Waals surface area contributed by atoms with Crippen molar-refractivity contribution < 1.29 is 14.6 Å². The molecule has 1 aliphatic heterocycles. The van der Waals surface area contributed by atoms with Crippen LogP contribution in [0.3, 0.4) is 0 Å². The van der Waals surface area contributed by atoms with Crippen molar-refractivity contribution in [3.63, 3.8) is 0 Å². The molecule has 0 bridgehead atoms. The lowest BCUT2D eigenvalue weighted by Crippen LogP contribution is -2.48. The average molecular weight is 418 g/mol. The Morgan fingerprint density at radius 3 is 2.39 bits per heavy atom. The molecule has 7 heteroatoms. The van der Waals surface area contributed by atoms with E-state index in [0.717, 1.165) is 40.1 Å². The van der Waals surface area contributed by atoms with Crippen LogP contribution in [-0.2, 0) is 6.54 Å². The molecule has 4 rings (SSSR count). The summed E-state index contributed by atoms with van der Waals surface area (Å²) in [5, 5.41) is 20.1. The third-order valence-electron chi connectivity index (χ3n) is 5.83. The van der Waals surface area contributed by atoms with E-state index in [0.29, 0.717) is 38.3 Å². The topological polar surface area (TPSA) is 81.7 Å². The molecule has 1 aromatic heterocycles. The fourth-order valence-corrected chi connectivity index (χ4v) is 4.31. The van der Waals surface area contributed by atoms with Crippen LogP contribution >= 0.6 is 0 Å². The van der Waals surface area contributed by atoms with Crippen molar-refractivity contribution in [3.05, 3.63) is 48.0 Å². The number of piperazine rings is 1. The van der Waals surface area contributed by atoms with Crippen molar-refractivity contribution in [1.29, 1.82) is 5.26 Å². The van der Waals surface area contributed by atoms with Gasteiger partial charge < -0.3 is 24.2 Å². The Labute approximate surface area is 181 Å². The van der Waals surface area contributed by atoms with Crippen LogP contribution in [0.1, 0.15) is 19.4 Å². The normalized spacial score (nSPS) is 14.0. The summed E-state index contributed by atoms with van der Waals surface area (Å²) in [6, 6.07) is 16.4. The van der Waals surface area contributed by atoms with E-state index in [1.807, 2.05) is 43.3 Å². The number of carbonyl (C=O) groups is 1. The summed E-state index contributed by atoms with van der Waals surface area (Å²) in [6.45, 7) is 7.67. The van der Waals surface area contributed by atoms with Gasteiger partial charge >= 0.3 is 6.09 Å². The van der Waals surface area contributed by atoms with Gasteiger partial charge in [0.2, 0.25) is 0 Å². The van der Waals surface area contributed by atoms with Crippen LogP contribution in [-0.4, -0.2) is 53.5 Å². The summed E-state index contributed by atoms with van der Waals surface area (Å²) >= 11 is 0. The van der Waals surface area contributed by atoms with Crippen molar-refractivity contribution in [3.8, 4) is 23.1 Å². The third-order valence-corrected chi connectivity index (χ3v) is 5.83. The predicted molar refractivity (Wildman–Crippen MR) is 121 cm³/mol. The molecule has 2 heterocycles. The van der Waals surface area contributed by atoms with Crippen LogP contribution in [0.5, 0.6) is 5.75 Å². The monoisotopic (exact) mass is 418 g/mol. The second kappa shape index (κ2) is 8.60. The van der Waals surface area contributed by atoms with Gasteiger partial charge in [-0.2, -0.15) is 5.26 Å². The minimum absolute atomic E-state index is 0.489. The molecule has 1 aliphatic rings. The van der Waals surface area contributed by atoms with Gasteiger partial charge in [-0.25, -0.2) is 4.79 Å². The number of amides is 1. The molecule has 1 fully saturated rings. The maximum Gasteiger partial charge on any atom is 0.407 e. The molecule has 7 nitrogen and oxygen atoms in total. The fraction of sp³-hybridized carbons (Fsp3) is 0.333. The van der Waals surface area contributed by atoms with Crippen LogP contribution in [0, 0.1) is 11.3 Å². The number of aryl methyl sites for hydroxylation is 1. The minimum atomic E-state index is -0.867. The number of hydrogen-bond acceptors (Lipinski definition) is 4. The van der Waals surface area contributed by atoms with Crippen LogP contribution in [0.25, 0.3) is 22.2 Å². The summed E-state index contributed by atoms with van der Waals surface area (Å²) in [5.41, 5.74) is 4.63. The van der Waals surface area contributed by atoms with Crippen LogP contribution in [0.15, 0.2) is 42.5 Å². The highest BCUT2D eigenvalue weighted by Crippen LogP contribution is 2.36. The smallest absolute Gasteiger partial charge is 0.407 e. The van der Waals surface area contributed by atoms with Crippen LogP contribution in [0.4, 0.5) is 10.5 Å². The van der Waals surface area contributed by atoms with Crippen molar-refractivity contribution in [2.75, 3.05) is 37.7 Å². The van der Waals surface area contributed by atoms with Crippen molar-refractivity contribution in [1.82, 2.24) is 9.47 Å². The highest BCUT2D eigenvalue weighted by Gasteiger charge is 2.23. The Hall–Kier alpha value is -3.66. The van der Waals surface area contributed by atoms with E-state index in [9.17, 15) is 15.2 Å². The van der Waals surface area contributed by atoms with Crippen molar-refractivity contribution in [2.45, 2.75) is 20.4 Å². The second-order valence-electron chi connectivity index (χ2n) is 7.50. The van der Waals surface area contributed by atoms with Gasteiger partial charge in [-0.05, 0) is 61.9 Å². The zero-order chi connectivity index (χ0) is 22.0. The largest absolute Gasteiger partial charge is 0.494 e. The Morgan fingerprint density at radius 2 is 1.81 bits per heavy atom. The van der Waals surface area contributed by atoms with E-state index in [2.05, 4.69) is 28.5 Å². The number of nitrogens with zero attached hydrogens (tertiary/aromatic N) is 4. The number of hydrogen-bond donors (Lipinski definition) is 1. The van der Waals surface area contributed by atoms with Crippen LogP contribution < -0.4 is 9.64 Å². The number of carboxylic acid groups (broad SMARTS) is 1. The molecule has 0 unspecified atom stereocenters. The molecule has 1 amide bonds. The predicted octanol–water partition coefficient (Wildman–Crippen LogP) is 4.40. The maximum absolute atomic E-state index is 11.2. The third kappa shape index (κ3) is 3.77. The average Bonchev–Trinajstić information content (AvgIpc) is 3.12. The number of anilines is 1. The summed E-state index contributed by atoms with van der Waals surface area (Å²) in [7, 11) is 0. The second-order valence-corrected chi connectivity index (χ2v) is 7.50. The van der Waals surface area contributed by atoms with Gasteiger partial charge in [0.25, 0.3) is 0 Å². The molecule has 0 saturated carbocycles. The van der Waals surface area contributed by atoms with Gasteiger partial charge in [-0.1, -0.05) is 0 Å². The van der Waals surface area contributed by atoms with Gasteiger partial charge in [0.1, 0.15) is 11.8 Å². The van der Waals surface area contributed by atoms with E-state index >= 15 is 0 Å². The zero-order valence-electron chi connectivity index (χ0n) is 17.8. The van der Waals surface area contributed by atoms with Crippen molar-refractivity contribution >= 4 is 22.7 Å². The molecular formula is C24H26N4O3. The summed E-state index contributed by atoms with van der Waals surface area (Å²) in [6.07, 6.45) is -0.867. The SMILES string of the molecule is CCOc1ccc(-c2c(C#N)c3ccc(N4CCN(C(=O)O)CC4)cc3n2CC)cc1. The lowest BCUT2D eigenvalue weighted by molar-refractivity contribution is 0.142. The van der Waals surface area contributed by atoms with E-state index < -0.39 is 6.09 Å². The van der Waals surface area contributed by atoms with Gasteiger partial charge in [0.15, 0.2) is 0 Å². The quantitative estimate of drug-likeness (QED) is 0.664. The molecule has 3 aromatic rings. The Morgan fingerprint density at radius 1 is 1.10 bits per heavy atom. The van der Waals surface area contributed by atoms with Gasteiger partial charge in [-0.15, -0.1) is 0 Å². The Bertz CT molecular complexity index is 1140. The summed E-state index contributed by atoms with van der Waals surface area (Å²) < 4.78 is 7.74. The first-order valence-corrected chi connectivity index (χ1v) is 10.6. The minimum Gasteiger partial charge on any atom is -0.494 e. The number of ether oxygens (including phenoxy) is 1. The summed E-state index contributed by atoms with van der Waals surface area (Å²) in [4.78, 5) is 14.8. The first-order valence-electron chi connectivity index (χ1n) is 10.6. The molecule has 0 aliphatic carbocycles. The number of rotatable bonds is 5. The summed E-state index contributed by atoms with van der Waals surface area (Å²) in [5.74, 6) is 0.812. The lowest BCUT2D eigenvalue weighted by Gasteiger charge is -2.34. The maximum atomic E-state index is 11.2. The number of fused-ring (bicyclic) bond motifs is 1. The first-order chi connectivity index (χ1) is 15.1. The number of benzene rings is 2. The van der Waals surface area contributed by atoms with Gasteiger partial charge in [0.05, 0.1) is 23.4 Å². The number of aromatic nitrogens is 1. The van der Waals surface area contributed by atoms with Gasteiger partial charge in [-0.3, -0.25) is 0 Å². The van der Waals surface area contributed by atoms with E-state index in [-0.39, 0.29) is 0 Å². The molecule has 160 valence electrons. The Balaban J connectivity index is 1.75. The first kappa shape index (κ1) is 20.6. The molecule has 0 spiro atoms. The van der Waals surface area contributed by atoms with E-state index in [4.69, 9.17) is 4.74 Å². The molecule has 1 saturated heterocycles. The molecular weight excluding hydrogens is 392 g/mol. The number of nitriles is 1.